The summed E-state index contributed by atoms with van der Waals surface area (Å²) in [6.07, 6.45) is 0.896. The van der Waals surface area contributed by atoms with Crippen molar-refractivity contribution in [3.8, 4) is 5.75 Å². The number of carbonyl (C=O) groups excluding carboxylic acids is 3. The quantitative estimate of drug-likeness (QED) is 0.229. The number of nitrogens with two attached hydrogens (primary N) is 1. The number of amidine groups is 1. The molecule has 0 bridgehead atoms. The number of ether oxygens (including phenoxy) is 1. The standard InChI is InChI=1S/C29H31N5O4S/c1-29-12-21(29)15-34(25(29)28(37)32-13-23-11-20(17-39-23)26(30)31)24(35)14-33-27(36)19-7-9-22(10-8-19)38-16-18-5-3-2-4-6-18/h2-11,17,21,25H,12-16H2,1H3,(H3,30,31)(H,32,37)(H,33,36)/t21-,25-,29-/m1/s1. The molecule has 0 spiro atoms. The molecular formula is C29H31N5O4S. The van der Waals surface area contributed by atoms with E-state index in [1.807, 2.05) is 37.3 Å². The fraction of sp³-hybridized carbons (Fsp3) is 0.310. The van der Waals surface area contributed by atoms with E-state index in [0.717, 1.165) is 16.9 Å². The molecule has 3 amide bonds. The number of rotatable bonds is 10. The Morgan fingerprint density at radius 1 is 1.10 bits per heavy atom. The van der Waals surface area contributed by atoms with Gasteiger partial charge in [0.05, 0.1) is 13.1 Å². The highest BCUT2D eigenvalue weighted by atomic mass is 32.1. The summed E-state index contributed by atoms with van der Waals surface area (Å²) >= 11 is 1.42. The Bertz CT molecular complexity index is 1390. The first-order chi connectivity index (χ1) is 18.7. The number of thiophene rings is 1. The fourth-order valence-corrected chi connectivity index (χ4v) is 5.98. The van der Waals surface area contributed by atoms with Crippen LogP contribution in [0.25, 0.3) is 0 Å². The summed E-state index contributed by atoms with van der Waals surface area (Å²) in [6, 6.07) is 17.8. The topological polar surface area (TPSA) is 138 Å². The average molecular weight is 546 g/mol. The van der Waals surface area contributed by atoms with Crippen LogP contribution in [0.4, 0.5) is 0 Å². The molecule has 3 atom stereocenters. The fourth-order valence-electron chi connectivity index (χ4n) is 5.15. The summed E-state index contributed by atoms with van der Waals surface area (Å²) in [6.45, 7) is 3.08. The van der Waals surface area contributed by atoms with Crippen LogP contribution in [0.15, 0.2) is 66.0 Å². The first kappa shape index (κ1) is 26.4. The number of nitrogens with one attached hydrogen (secondary N) is 3. The van der Waals surface area contributed by atoms with E-state index < -0.39 is 6.04 Å². The highest BCUT2D eigenvalue weighted by Gasteiger charge is 2.66. The second-order valence-corrected chi connectivity index (χ2v) is 11.3. The van der Waals surface area contributed by atoms with Gasteiger partial charge in [0.1, 0.15) is 24.2 Å². The maximum absolute atomic E-state index is 13.2. The van der Waals surface area contributed by atoms with Gasteiger partial charge in [0, 0.05) is 33.3 Å². The number of amides is 3. The predicted octanol–water partition coefficient (Wildman–Crippen LogP) is 2.89. The molecule has 202 valence electrons. The van der Waals surface area contributed by atoms with E-state index in [4.69, 9.17) is 15.9 Å². The van der Waals surface area contributed by atoms with E-state index in [1.165, 1.54) is 11.3 Å². The van der Waals surface area contributed by atoms with Gasteiger partial charge in [-0.1, -0.05) is 37.3 Å². The van der Waals surface area contributed by atoms with E-state index in [1.54, 1.807) is 40.6 Å². The molecule has 39 heavy (non-hydrogen) atoms. The molecule has 5 N–H and O–H groups in total. The molecule has 0 radical (unpaired) electrons. The van der Waals surface area contributed by atoms with E-state index in [0.29, 0.717) is 36.6 Å². The molecule has 3 aromatic rings. The Morgan fingerprint density at radius 2 is 1.85 bits per heavy atom. The van der Waals surface area contributed by atoms with E-state index in [-0.39, 0.29) is 41.4 Å². The van der Waals surface area contributed by atoms with Gasteiger partial charge in [0.2, 0.25) is 11.8 Å². The van der Waals surface area contributed by atoms with Gasteiger partial charge in [-0.05, 0) is 48.2 Å². The number of hydrogen-bond donors (Lipinski definition) is 4. The van der Waals surface area contributed by atoms with Crippen LogP contribution in [0.5, 0.6) is 5.75 Å². The number of carbonyl (C=O) groups is 3. The van der Waals surface area contributed by atoms with E-state index in [9.17, 15) is 14.4 Å². The maximum Gasteiger partial charge on any atom is 0.251 e. The summed E-state index contributed by atoms with van der Waals surface area (Å²) in [4.78, 5) is 41.5. The molecule has 10 heteroatoms. The van der Waals surface area contributed by atoms with Gasteiger partial charge in [0.15, 0.2) is 0 Å². The Hall–Kier alpha value is -4.18. The Labute approximate surface area is 230 Å². The molecule has 2 fully saturated rings. The minimum absolute atomic E-state index is 0.0147. The van der Waals surface area contributed by atoms with E-state index >= 15 is 0 Å². The normalized spacial score (nSPS) is 21.1. The number of nitrogen functional groups attached to an aromatic ring is 1. The minimum Gasteiger partial charge on any atom is -0.489 e. The van der Waals surface area contributed by atoms with Crippen LogP contribution in [0.1, 0.15) is 39.7 Å². The third-order valence-electron chi connectivity index (χ3n) is 7.55. The third-order valence-corrected chi connectivity index (χ3v) is 8.48. The molecule has 1 aliphatic carbocycles. The minimum atomic E-state index is -0.583. The molecule has 2 heterocycles. The lowest BCUT2D eigenvalue weighted by atomic mass is 9.97. The molecule has 0 unspecified atom stereocenters. The Morgan fingerprint density at radius 3 is 2.54 bits per heavy atom. The zero-order valence-corrected chi connectivity index (χ0v) is 22.4. The molecule has 5 rings (SSSR count). The first-order valence-electron chi connectivity index (χ1n) is 12.8. The number of likely N-dealkylation sites (tertiary alicyclic amines) is 1. The van der Waals surface area contributed by atoms with Crippen molar-refractivity contribution in [2.24, 2.45) is 17.1 Å². The molecule has 1 saturated carbocycles. The number of hydrogen-bond acceptors (Lipinski definition) is 6. The summed E-state index contributed by atoms with van der Waals surface area (Å²) in [5.74, 6) is 0.0516. The van der Waals surface area contributed by atoms with E-state index in [2.05, 4.69) is 10.6 Å². The molecule has 1 aromatic heterocycles. The van der Waals surface area contributed by atoms with Gasteiger partial charge in [0.25, 0.3) is 5.91 Å². The van der Waals surface area contributed by atoms with Crippen molar-refractivity contribution in [2.45, 2.75) is 32.5 Å². The van der Waals surface area contributed by atoms with Crippen molar-refractivity contribution < 1.29 is 19.1 Å². The first-order valence-corrected chi connectivity index (χ1v) is 13.7. The van der Waals surface area contributed by atoms with Crippen molar-refractivity contribution in [1.29, 1.82) is 5.41 Å². The molecule has 9 nitrogen and oxygen atoms in total. The van der Waals surface area contributed by atoms with Crippen molar-refractivity contribution in [1.82, 2.24) is 15.5 Å². The molecule has 2 aromatic carbocycles. The SMILES string of the molecule is C[C@@]12C[C@@H]1CN(C(=O)CNC(=O)c1ccc(OCc3ccccc3)cc1)[C@@H]2C(=O)NCc1cc(C(=N)N)cs1. The van der Waals surface area contributed by atoms with Gasteiger partial charge >= 0.3 is 0 Å². The number of benzene rings is 2. The second-order valence-electron chi connectivity index (χ2n) is 10.3. The van der Waals surface area contributed by atoms with Crippen LogP contribution in [0.3, 0.4) is 0 Å². The summed E-state index contributed by atoms with van der Waals surface area (Å²) in [5, 5.41) is 14.9. The van der Waals surface area contributed by atoms with Crippen molar-refractivity contribution in [3.63, 3.8) is 0 Å². The average Bonchev–Trinajstić information content (AvgIpc) is 3.26. The highest BCUT2D eigenvalue weighted by Crippen LogP contribution is 2.61. The van der Waals surface area contributed by atoms with Gasteiger partial charge in [-0.3, -0.25) is 19.8 Å². The van der Waals surface area contributed by atoms with Gasteiger partial charge < -0.3 is 26.0 Å². The van der Waals surface area contributed by atoms with Crippen LogP contribution < -0.4 is 21.1 Å². The zero-order chi connectivity index (χ0) is 27.6. The largest absolute Gasteiger partial charge is 0.489 e. The van der Waals surface area contributed by atoms with Gasteiger partial charge in [-0.25, -0.2) is 0 Å². The molecule has 1 aliphatic heterocycles. The Balaban J connectivity index is 1.13. The van der Waals surface area contributed by atoms with Crippen molar-refractivity contribution >= 4 is 34.9 Å². The summed E-state index contributed by atoms with van der Waals surface area (Å²) in [5.41, 5.74) is 7.37. The lowest BCUT2D eigenvalue weighted by Gasteiger charge is -2.29. The number of nitrogens with zero attached hydrogens (tertiary/aromatic N) is 1. The zero-order valence-electron chi connectivity index (χ0n) is 21.6. The number of piperidine rings is 1. The predicted molar refractivity (Wildman–Crippen MR) is 148 cm³/mol. The summed E-state index contributed by atoms with van der Waals surface area (Å²) in [7, 11) is 0. The van der Waals surface area contributed by atoms with Crippen LogP contribution in [-0.4, -0.2) is 47.6 Å². The summed E-state index contributed by atoms with van der Waals surface area (Å²) < 4.78 is 5.77. The van der Waals surface area contributed by atoms with Crippen LogP contribution in [-0.2, 0) is 22.7 Å². The highest BCUT2D eigenvalue weighted by molar-refractivity contribution is 7.10. The molecule has 1 saturated heterocycles. The van der Waals surface area contributed by atoms with Crippen LogP contribution in [0.2, 0.25) is 0 Å². The van der Waals surface area contributed by atoms with Crippen molar-refractivity contribution in [3.05, 3.63) is 87.6 Å². The van der Waals surface area contributed by atoms with Gasteiger partial charge in [-0.15, -0.1) is 11.3 Å². The molecular weight excluding hydrogens is 514 g/mol. The smallest absolute Gasteiger partial charge is 0.251 e. The van der Waals surface area contributed by atoms with Crippen LogP contribution in [0, 0.1) is 16.7 Å². The third kappa shape index (κ3) is 5.80. The van der Waals surface area contributed by atoms with Crippen LogP contribution >= 0.6 is 11.3 Å². The lowest BCUT2D eigenvalue weighted by molar-refractivity contribution is -0.140. The maximum atomic E-state index is 13.2. The second kappa shape index (κ2) is 10.9. The number of fused-ring (bicyclic) bond motifs is 1. The van der Waals surface area contributed by atoms with Crippen molar-refractivity contribution in [2.75, 3.05) is 13.1 Å². The lowest BCUT2D eigenvalue weighted by Crippen LogP contribution is -2.52. The van der Waals surface area contributed by atoms with Gasteiger partial charge in [-0.2, -0.15) is 0 Å². The monoisotopic (exact) mass is 545 g/mol. The Kier molecular flexibility index (Phi) is 7.38. The molecule has 2 aliphatic rings.